The predicted octanol–water partition coefficient (Wildman–Crippen LogP) is 7.57. The zero-order valence-corrected chi connectivity index (χ0v) is 23.9. The molecule has 0 atom stereocenters. The first-order valence-electron chi connectivity index (χ1n) is 12.9. The number of benzene rings is 3. The van der Waals surface area contributed by atoms with Crippen LogP contribution in [0, 0.1) is 0 Å². The molecular weight excluding hydrogens is 543 g/mol. The van der Waals surface area contributed by atoms with Crippen LogP contribution in [0.3, 0.4) is 0 Å². The van der Waals surface area contributed by atoms with Crippen molar-refractivity contribution in [2.75, 3.05) is 18.5 Å². The zero-order chi connectivity index (χ0) is 28.0. The molecule has 0 saturated carbocycles. The van der Waals surface area contributed by atoms with Gasteiger partial charge in [-0.15, -0.1) is 0 Å². The highest BCUT2D eigenvalue weighted by molar-refractivity contribution is 7.53. The van der Waals surface area contributed by atoms with Crippen LogP contribution in [0.1, 0.15) is 24.3 Å². The fourth-order valence-electron chi connectivity index (χ4n) is 4.23. The molecule has 8 nitrogen and oxygen atoms in total. The number of amides is 1. The van der Waals surface area contributed by atoms with E-state index in [9.17, 15) is 9.36 Å². The van der Waals surface area contributed by atoms with E-state index in [1.807, 2.05) is 71.3 Å². The molecule has 0 aliphatic rings. The fourth-order valence-corrected chi connectivity index (χ4v) is 6.90. The molecule has 5 aromatic rings. The summed E-state index contributed by atoms with van der Waals surface area (Å²) in [5.74, 6) is -0.274. The van der Waals surface area contributed by atoms with Gasteiger partial charge in [-0.25, -0.2) is 9.97 Å². The van der Waals surface area contributed by atoms with Gasteiger partial charge in [-0.1, -0.05) is 65.9 Å². The van der Waals surface area contributed by atoms with Crippen LogP contribution in [-0.2, 0) is 24.6 Å². The van der Waals surface area contributed by atoms with Crippen LogP contribution >= 0.6 is 18.9 Å². The second-order valence-electron chi connectivity index (χ2n) is 8.80. The number of fused-ring (bicyclic) bond motifs is 1. The van der Waals surface area contributed by atoms with Crippen LogP contribution in [0.5, 0.6) is 0 Å². The number of carbonyl (C=O) groups is 1. The normalized spacial score (nSPS) is 11.8. The number of anilines is 1. The van der Waals surface area contributed by atoms with Gasteiger partial charge in [-0.2, -0.15) is 0 Å². The molecule has 2 heterocycles. The molecule has 204 valence electrons. The third kappa shape index (κ3) is 6.46. The summed E-state index contributed by atoms with van der Waals surface area (Å²) in [5.41, 5.74) is 5.03. The van der Waals surface area contributed by atoms with Gasteiger partial charge >= 0.3 is 7.60 Å². The van der Waals surface area contributed by atoms with E-state index in [0.717, 1.165) is 37.9 Å². The third-order valence-electron chi connectivity index (χ3n) is 5.98. The number of hydrogen-bond donors (Lipinski definition) is 1. The van der Waals surface area contributed by atoms with Crippen molar-refractivity contribution in [3.8, 4) is 16.4 Å². The smallest absolute Gasteiger partial charge is 0.323 e. The maximum Gasteiger partial charge on any atom is 0.335 e. The Bertz CT molecular complexity index is 1670. The molecule has 3 aromatic carbocycles. The minimum absolute atomic E-state index is 0.172. The minimum atomic E-state index is -3.20. The second-order valence-corrected chi connectivity index (χ2v) is 11.9. The highest BCUT2D eigenvalue weighted by atomic mass is 32.1. The van der Waals surface area contributed by atoms with Crippen molar-refractivity contribution in [3.05, 3.63) is 102 Å². The Morgan fingerprint density at radius 3 is 2.40 bits per heavy atom. The average molecular weight is 573 g/mol. The Labute approximate surface area is 236 Å². The van der Waals surface area contributed by atoms with Gasteiger partial charge in [0.2, 0.25) is 5.91 Å². The van der Waals surface area contributed by atoms with Crippen molar-refractivity contribution >= 4 is 47.6 Å². The number of aromatic nitrogens is 3. The molecule has 0 spiro atoms. The van der Waals surface area contributed by atoms with Gasteiger partial charge in [0.15, 0.2) is 5.13 Å². The van der Waals surface area contributed by atoms with Crippen molar-refractivity contribution in [2.45, 2.75) is 20.0 Å². The van der Waals surface area contributed by atoms with Gasteiger partial charge < -0.3 is 14.4 Å². The lowest BCUT2D eigenvalue weighted by molar-refractivity contribution is -0.111. The molecule has 0 aliphatic heterocycles. The summed E-state index contributed by atoms with van der Waals surface area (Å²) in [7, 11) is -3.20. The predicted molar refractivity (Wildman–Crippen MR) is 161 cm³/mol. The number of hydrogen-bond acceptors (Lipinski definition) is 7. The van der Waals surface area contributed by atoms with E-state index in [2.05, 4.69) is 10.3 Å². The van der Waals surface area contributed by atoms with E-state index in [4.69, 9.17) is 14.0 Å². The fraction of sp³-hybridized carbons (Fsp3) is 0.167. The quantitative estimate of drug-likeness (QED) is 0.130. The van der Waals surface area contributed by atoms with E-state index in [0.29, 0.717) is 18.9 Å². The number of nitrogens with one attached hydrogen (secondary N) is 1. The topological polar surface area (TPSA) is 95.3 Å². The molecule has 0 radical (unpaired) electrons. The summed E-state index contributed by atoms with van der Waals surface area (Å²) in [5, 5.41) is 3.65. The van der Waals surface area contributed by atoms with Crippen LogP contribution in [0.25, 0.3) is 33.5 Å². The van der Waals surface area contributed by atoms with Crippen molar-refractivity contribution < 1.29 is 18.4 Å². The van der Waals surface area contributed by atoms with E-state index < -0.39 is 7.60 Å². The Hall–Kier alpha value is -3.88. The Morgan fingerprint density at radius 2 is 1.68 bits per heavy atom. The number of rotatable bonds is 11. The molecule has 40 heavy (non-hydrogen) atoms. The largest absolute Gasteiger partial charge is 0.335 e. The van der Waals surface area contributed by atoms with E-state index >= 15 is 0 Å². The molecule has 0 saturated heterocycles. The van der Waals surface area contributed by atoms with Crippen LogP contribution in [-0.4, -0.2) is 33.7 Å². The summed E-state index contributed by atoms with van der Waals surface area (Å²) in [6.45, 7) is 4.19. The minimum Gasteiger partial charge on any atom is -0.323 e. The van der Waals surface area contributed by atoms with Crippen molar-refractivity contribution in [2.24, 2.45) is 0 Å². The lowest BCUT2D eigenvalue weighted by atomic mass is 10.1. The summed E-state index contributed by atoms with van der Waals surface area (Å²) in [6.07, 6.45) is 5.23. The van der Waals surface area contributed by atoms with Crippen LogP contribution < -0.4 is 5.32 Å². The van der Waals surface area contributed by atoms with Gasteiger partial charge in [0.25, 0.3) is 0 Å². The van der Waals surface area contributed by atoms with Gasteiger partial charge in [0, 0.05) is 17.3 Å². The number of carbonyl (C=O) groups excluding carboxylic acids is 1. The van der Waals surface area contributed by atoms with Gasteiger partial charge in [0.05, 0.1) is 41.0 Å². The molecule has 10 heteroatoms. The molecule has 1 N–H and O–H groups in total. The molecule has 1 amide bonds. The third-order valence-corrected chi connectivity index (χ3v) is 9.06. The van der Waals surface area contributed by atoms with E-state index in [1.165, 1.54) is 17.4 Å². The molecule has 0 unspecified atom stereocenters. The Morgan fingerprint density at radius 1 is 0.975 bits per heavy atom. The monoisotopic (exact) mass is 572 g/mol. The highest BCUT2D eigenvalue weighted by Crippen LogP contribution is 2.51. The summed E-state index contributed by atoms with van der Waals surface area (Å²) in [4.78, 5) is 23.1. The highest BCUT2D eigenvalue weighted by Gasteiger charge is 2.24. The standard InChI is InChI=1S/C30H29N4O4PS/c1-3-37-39(36,38-4-2)20-22-14-16-24(17-15-22)32-28(35)19-18-27-29(23-10-6-5-7-11-23)33-30(40-27)34-21-31-25-12-8-9-13-26(25)34/h5-19,21H,3-4,20H2,1-2H3,(H,32,35)/b19-18+. The van der Waals surface area contributed by atoms with Crippen LogP contribution in [0.4, 0.5) is 5.69 Å². The zero-order valence-electron chi connectivity index (χ0n) is 22.2. The molecule has 0 fully saturated rings. The first-order chi connectivity index (χ1) is 19.5. The second kappa shape index (κ2) is 12.5. The molecule has 5 rings (SSSR count). The average Bonchev–Trinajstić information content (AvgIpc) is 3.58. The Kier molecular flexibility index (Phi) is 8.67. The lowest BCUT2D eigenvalue weighted by Crippen LogP contribution is -2.07. The van der Waals surface area contributed by atoms with E-state index in [1.54, 1.807) is 38.4 Å². The molecule has 0 aliphatic carbocycles. The van der Waals surface area contributed by atoms with Crippen LogP contribution in [0.15, 0.2) is 91.3 Å². The summed E-state index contributed by atoms with van der Waals surface area (Å²) in [6, 6.07) is 24.9. The van der Waals surface area contributed by atoms with Crippen molar-refractivity contribution in [3.63, 3.8) is 0 Å². The molecule has 2 aromatic heterocycles. The van der Waals surface area contributed by atoms with Gasteiger partial charge in [0.1, 0.15) is 6.33 Å². The number of nitrogens with zero attached hydrogens (tertiary/aromatic N) is 3. The van der Waals surface area contributed by atoms with Gasteiger partial charge in [-0.3, -0.25) is 13.9 Å². The number of thiazole rings is 1. The van der Waals surface area contributed by atoms with Crippen molar-refractivity contribution in [1.82, 2.24) is 14.5 Å². The SMILES string of the molecule is CCOP(=O)(Cc1ccc(NC(=O)/C=C/c2sc(-n3cnc4ccccc43)nc2-c2ccccc2)cc1)OCC. The molecular formula is C30H29N4O4PS. The summed E-state index contributed by atoms with van der Waals surface area (Å²) < 4.78 is 25.5. The lowest BCUT2D eigenvalue weighted by Gasteiger charge is -2.17. The number of para-hydroxylation sites is 2. The Balaban J connectivity index is 1.34. The maximum absolute atomic E-state index is 12.8. The first-order valence-corrected chi connectivity index (χ1v) is 15.5. The van der Waals surface area contributed by atoms with Gasteiger partial charge in [-0.05, 0) is 49.8 Å². The van der Waals surface area contributed by atoms with Crippen molar-refractivity contribution in [1.29, 1.82) is 0 Å². The first kappa shape index (κ1) is 27.7. The maximum atomic E-state index is 12.8. The molecule has 0 bridgehead atoms. The van der Waals surface area contributed by atoms with Crippen LogP contribution in [0.2, 0.25) is 0 Å². The number of imidazole rings is 1. The summed E-state index contributed by atoms with van der Waals surface area (Å²) >= 11 is 1.49. The van der Waals surface area contributed by atoms with E-state index in [-0.39, 0.29) is 12.1 Å².